The molecule has 2 aromatic rings. The van der Waals surface area contributed by atoms with Gasteiger partial charge in [0.25, 0.3) is 0 Å². The van der Waals surface area contributed by atoms with Crippen molar-refractivity contribution in [2.75, 3.05) is 14.2 Å². The summed E-state index contributed by atoms with van der Waals surface area (Å²) in [7, 11) is 2.68. The van der Waals surface area contributed by atoms with Gasteiger partial charge in [-0.25, -0.2) is 14.2 Å². The van der Waals surface area contributed by atoms with Crippen LogP contribution in [0.2, 0.25) is 0 Å². The van der Waals surface area contributed by atoms with Crippen molar-refractivity contribution in [3.8, 4) is 6.07 Å². The van der Waals surface area contributed by atoms with Gasteiger partial charge in [-0.05, 0) is 18.2 Å². The molecule has 0 N–H and O–H groups in total. The number of carbonyl (C=O) groups excluding carboxylic acids is 2. The first-order chi connectivity index (χ1) is 11.6. The first-order valence-electron chi connectivity index (χ1n) is 7.05. The number of nitrogens with zero attached hydrogens (tertiary/aromatic N) is 3. The van der Waals surface area contributed by atoms with Crippen LogP contribution in [0.1, 0.15) is 27.1 Å². The molecule has 0 aliphatic rings. The molecule has 0 saturated carbocycles. The molecule has 2 heterocycles. The van der Waals surface area contributed by atoms with E-state index in [9.17, 15) is 9.59 Å². The highest BCUT2D eigenvalue weighted by atomic mass is 127. The number of halogens is 1. The Morgan fingerprint density at radius 3 is 2.36 bits per heavy atom. The van der Waals surface area contributed by atoms with Gasteiger partial charge < -0.3 is 33.5 Å². The third-order valence-electron chi connectivity index (χ3n) is 2.84. The molecule has 0 amide bonds. The van der Waals surface area contributed by atoms with Crippen LogP contribution in [0.4, 0.5) is 0 Å². The highest BCUT2D eigenvalue weighted by molar-refractivity contribution is 5.89. The number of methoxy groups -OCH3 is 2. The SMILES string of the molecule is COC(=O)c1ccc[n+](CCC#N)c1.COC(=O)c1cccnc1.[I-]. The van der Waals surface area contributed by atoms with Crippen LogP contribution in [0.3, 0.4) is 0 Å². The zero-order chi connectivity index (χ0) is 17.8. The van der Waals surface area contributed by atoms with Gasteiger partial charge in [0, 0.05) is 18.5 Å². The van der Waals surface area contributed by atoms with Gasteiger partial charge in [-0.15, -0.1) is 0 Å². The van der Waals surface area contributed by atoms with Crippen molar-refractivity contribution >= 4 is 11.9 Å². The summed E-state index contributed by atoms with van der Waals surface area (Å²) in [6.45, 7) is 0.585. The lowest BCUT2D eigenvalue weighted by Gasteiger charge is -1.97. The van der Waals surface area contributed by atoms with Crippen molar-refractivity contribution in [1.82, 2.24) is 4.98 Å². The quantitative estimate of drug-likeness (QED) is 0.318. The van der Waals surface area contributed by atoms with Crippen LogP contribution in [0.15, 0.2) is 49.1 Å². The van der Waals surface area contributed by atoms with Crippen LogP contribution >= 0.6 is 0 Å². The Balaban J connectivity index is 0.000000465. The van der Waals surface area contributed by atoms with E-state index in [0.717, 1.165) is 0 Å². The lowest BCUT2D eigenvalue weighted by molar-refractivity contribution is -0.696. The molecule has 0 spiro atoms. The number of rotatable bonds is 4. The van der Waals surface area contributed by atoms with Crippen LogP contribution in [0.5, 0.6) is 0 Å². The summed E-state index contributed by atoms with van der Waals surface area (Å²) in [5, 5.41) is 8.40. The molecule has 0 atom stereocenters. The van der Waals surface area contributed by atoms with E-state index < -0.39 is 0 Å². The molecule has 0 saturated heterocycles. The molecular weight excluding hydrogens is 437 g/mol. The molecule has 2 rings (SSSR count). The summed E-state index contributed by atoms with van der Waals surface area (Å²) in [6, 6.07) is 8.81. The number of ether oxygens (including phenoxy) is 2. The maximum Gasteiger partial charge on any atom is 0.343 e. The first kappa shape index (κ1) is 22.5. The molecule has 0 aliphatic heterocycles. The van der Waals surface area contributed by atoms with E-state index in [2.05, 4.69) is 14.5 Å². The minimum Gasteiger partial charge on any atom is -1.00 e. The van der Waals surface area contributed by atoms with Gasteiger partial charge in [0.15, 0.2) is 18.9 Å². The summed E-state index contributed by atoms with van der Waals surface area (Å²) in [4.78, 5) is 25.6. The molecule has 0 aliphatic carbocycles. The second-order valence-corrected chi connectivity index (χ2v) is 4.46. The molecule has 8 heteroatoms. The van der Waals surface area contributed by atoms with E-state index in [4.69, 9.17) is 5.26 Å². The number of nitriles is 1. The Morgan fingerprint density at radius 2 is 1.80 bits per heavy atom. The smallest absolute Gasteiger partial charge is 0.343 e. The van der Waals surface area contributed by atoms with Gasteiger partial charge in [-0.2, -0.15) is 5.26 Å². The molecule has 0 radical (unpaired) electrons. The minimum absolute atomic E-state index is 0. The second-order valence-electron chi connectivity index (χ2n) is 4.46. The number of aryl methyl sites for hydroxylation is 1. The largest absolute Gasteiger partial charge is 1.00 e. The van der Waals surface area contributed by atoms with Crippen molar-refractivity contribution in [3.63, 3.8) is 0 Å². The predicted octanol–water partition coefficient (Wildman–Crippen LogP) is -1.45. The van der Waals surface area contributed by atoms with Crippen LogP contribution in [0.25, 0.3) is 0 Å². The topological polar surface area (TPSA) is 93.2 Å². The van der Waals surface area contributed by atoms with Crippen LogP contribution in [-0.4, -0.2) is 31.1 Å². The van der Waals surface area contributed by atoms with Crippen molar-refractivity contribution in [3.05, 3.63) is 60.2 Å². The Kier molecular flexibility index (Phi) is 11.5. The lowest BCUT2D eigenvalue weighted by atomic mass is 10.3. The number of pyridine rings is 2. The molecule has 0 aromatic carbocycles. The fourth-order valence-electron chi connectivity index (χ4n) is 1.68. The average Bonchev–Trinajstić information content (AvgIpc) is 2.66. The zero-order valence-corrected chi connectivity index (χ0v) is 16.0. The van der Waals surface area contributed by atoms with E-state index >= 15 is 0 Å². The summed E-state index contributed by atoms with van der Waals surface area (Å²) < 4.78 is 10.8. The molecular formula is C17H18IN3O4. The van der Waals surface area contributed by atoms with Crippen molar-refractivity contribution in [2.24, 2.45) is 0 Å². The third-order valence-corrected chi connectivity index (χ3v) is 2.84. The Bertz CT molecular complexity index is 717. The zero-order valence-electron chi connectivity index (χ0n) is 13.9. The molecule has 2 aromatic heterocycles. The Labute approximate surface area is 163 Å². The molecule has 7 nitrogen and oxygen atoms in total. The third kappa shape index (κ3) is 8.21. The monoisotopic (exact) mass is 455 g/mol. The average molecular weight is 455 g/mol. The van der Waals surface area contributed by atoms with Gasteiger partial charge in [0.1, 0.15) is 5.56 Å². The standard InChI is InChI=1S/C10H11N2O2.C7H7NO2.HI/c1-14-10(13)9-4-2-6-12(8-9)7-3-5-11;1-10-7(9)6-3-2-4-8-5-6;/h2,4,6,8H,3,7H2,1H3;2-5H,1H3;1H/q+1;;/p-1. The van der Waals surface area contributed by atoms with Crippen molar-refractivity contribution in [2.45, 2.75) is 13.0 Å². The number of hydrogen-bond donors (Lipinski definition) is 0. The highest BCUT2D eigenvalue weighted by Crippen LogP contribution is 1.97. The minimum atomic E-state index is -0.365. The van der Waals surface area contributed by atoms with Gasteiger partial charge in [0.2, 0.25) is 0 Å². The molecule has 0 fully saturated rings. The van der Waals surface area contributed by atoms with Crippen molar-refractivity contribution in [1.29, 1.82) is 5.26 Å². The second kappa shape index (κ2) is 12.8. The van der Waals surface area contributed by atoms with E-state index in [-0.39, 0.29) is 35.9 Å². The van der Waals surface area contributed by atoms with Gasteiger partial charge in [0.05, 0.1) is 32.3 Å². The van der Waals surface area contributed by atoms with E-state index in [1.54, 1.807) is 41.2 Å². The number of esters is 2. The summed E-state index contributed by atoms with van der Waals surface area (Å²) in [6.07, 6.45) is 6.97. The van der Waals surface area contributed by atoms with E-state index in [1.165, 1.54) is 20.4 Å². The summed E-state index contributed by atoms with van der Waals surface area (Å²) >= 11 is 0. The summed E-state index contributed by atoms with van der Waals surface area (Å²) in [5.74, 6) is -0.718. The Morgan fingerprint density at radius 1 is 1.16 bits per heavy atom. The molecule has 132 valence electrons. The number of aromatic nitrogens is 2. The normalized spacial score (nSPS) is 8.68. The van der Waals surface area contributed by atoms with Crippen LogP contribution in [0, 0.1) is 11.3 Å². The van der Waals surface area contributed by atoms with Gasteiger partial charge in [-0.1, -0.05) is 0 Å². The van der Waals surface area contributed by atoms with Crippen LogP contribution in [-0.2, 0) is 16.0 Å². The lowest BCUT2D eigenvalue weighted by Crippen LogP contribution is -3.00. The van der Waals surface area contributed by atoms with Crippen LogP contribution < -0.4 is 28.5 Å². The van der Waals surface area contributed by atoms with Gasteiger partial charge >= 0.3 is 11.9 Å². The number of hydrogen-bond acceptors (Lipinski definition) is 6. The highest BCUT2D eigenvalue weighted by Gasteiger charge is 2.09. The molecule has 25 heavy (non-hydrogen) atoms. The fraction of sp³-hybridized carbons (Fsp3) is 0.235. The maximum atomic E-state index is 11.1. The van der Waals surface area contributed by atoms with Gasteiger partial charge in [-0.3, -0.25) is 4.98 Å². The molecule has 0 unspecified atom stereocenters. The fourth-order valence-corrected chi connectivity index (χ4v) is 1.68. The Hall–Kier alpha value is -2.54. The first-order valence-corrected chi connectivity index (χ1v) is 7.05. The van der Waals surface area contributed by atoms with E-state index in [0.29, 0.717) is 24.1 Å². The predicted molar refractivity (Wildman–Crippen MR) is 83.8 cm³/mol. The number of carbonyl (C=O) groups is 2. The molecule has 0 bridgehead atoms. The summed E-state index contributed by atoms with van der Waals surface area (Å²) in [5.41, 5.74) is 0.970. The maximum absolute atomic E-state index is 11.1. The van der Waals surface area contributed by atoms with Crippen molar-refractivity contribution < 1.29 is 47.6 Å². The van der Waals surface area contributed by atoms with E-state index in [1.807, 2.05) is 12.3 Å².